The number of nitrogen functional groups attached to an aromatic ring is 1. The number of nitrogens with two attached hydrogens (primary N) is 1. The normalized spacial score (nSPS) is 11.7. The zero-order valence-corrected chi connectivity index (χ0v) is 13.3. The summed E-state index contributed by atoms with van der Waals surface area (Å²) >= 11 is 3.19. The maximum absolute atomic E-state index is 13.5. The van der Waals surface area contributed by atoms with Crippen molar-refractivity contribution in [2.24, 2.45) is 0 Å². The van der Waals surface area contributed by atoms with Gasteiger partial charge in [0.05, 0.1) is 21.6 Å². The first-order valence-electron chi connectivity index (χ1n) is 6.71. The van der Waals surface area contributed by atoms with Gasteiger partial charge in [-0.3, -0.25) is 0 Å². The van der Waals surface area contributed by atoms with Gasteiger partial charge in [0, 0.05) is 19.2 Å². The summed E-state index contributed by atoms with van der Waals surface area (Å²) in [5.74, 6) is 0.0924. The number of ether oxygens (including phenoxy) is 1. The molecule has 20 heavy (non-hydrogen) atoms. The van der Waals surface area contributed by atoms with Crippen molar-refractivity contribution < 1.29 is 9.13 Å². The molecule has 1 heterocycles. The van der Waals surface area contributed by atoms with Crippen molar-refractivity contribution in [1.29, 1.82) is 0 Å². The van der Waals surface area contributed by atoms with Crippen LogP contribution >= 0.6 is 15.9 Å². The standard InChI is InChI=1S/C14H19BrFN3O/c1-9(2)20-6-4-3-5-19-13-7-10(15)11(16)8-12(13)18-14(19)17/h7-9H,3-6H2,1-2H3,(H2,17,18). The minimum atomic E-state index is -0.326. The lowest BCUT2D eigenvalue weighted by molar-refractivity contribution is 0.0755. The lowest BCUT2D eigenvalue weighted by Crippen LogP contribution is -2.07. The molecule has 0 fully saturated rings. The second-order valence-corrected chi connectivity index (χ2v) is 5.86. The highest BCUT2D eigenvalue weighted by atomic mass is 79.9. The van der Waals surface area contributed by atoms with Gasteiger partial charge >= 0.3 is 0 Å². The molecule has 0 unspecified atom stereocenters. The number of aromatic nitrogens is 2. The van der Waals surface area contributed by atoms with Crippen LogP contribution in [-0.2, 0) is 11.3 Å². The topological polar surface area (TPSA) is 53.1 Å². The number of anilines is 1. The third-order valence-corrected chi connectivity index (χ3v) is 3.65. The number of rotatable bonds is 6. The van der Waals surface area contributed by atoms with Gasteiger partial charge in [0.15, 0.2) is 0 Å². The molecular formula is C14H19BrFN3O. The molecule has 0 aliphatic heterocycles. The average Bonchev–Trinajstić information content (AvgIpc) is 2.65. The van der Waals surface area contributed by atoms with Crippen molar-refractivity contribution >= 4 is 32.9 Å². The molecule has 0 amide bonds. The highest BCUT2D eigenvalue weighted by Crippen LogP contribution is 2.25. The van der Waals surface area contributed by atoms with E-state index in [2.05, 4.69) is 20.9 Å². The van der Waals surface area contributed by atoms with Crippen LogP contribution in [0.1, 0.15) is 26.7 Å². The van der Waals surface area contributed by atoms with E-state index >= 15 is 0 Å². The Bertz CT molecular complexity index is 598. The van der Waals surface area contributed by atoms with E-state index < -0.39 is 0 Å². The molecule has 0 saturated carbocycles. The van der Waals surface area contributed by atoms with Gasteiger partial charge in [0.25, 0.3) is 0 Å². The molecule has 0 atom stereocenters. The zero-order chi connectivity index (χ0) is 14.7. The van der Waals surface area contributed by atoms with E-state index in [4.69, 9.17) is 10.5 Å². The summed E-state index contributed by atoms with van der Waals surface area (Å²) in [6, 6.07) is 3.12. The third kappa shape index (κ3) is 3.49. The van der Waals surface area contributed by atoms with E-state index in [1.165, 1.54) is 6.07 Å². The quantitative estimate of drug-likeness (QED) is 0.813. The van der Waals surface area contributed by atoms with Crippen LogP contribution in [0.5, 0.6) is 0 Å². The Labute approximate surface area is 126 Å². The molecule has 0 aliphatic carbocycles. The summed E-state index contributed by atoms with van der Waals surface area (Å²) in [6.45, 7) is 5.53. The molecule has 2 aromatic rings. The maximum Gasteiger partial charge on any atom is 0.201 e. The van der Waals surface area contributed by atoms with Crippen LogP contribution in [0.3, 0.4) is 0 Å². The number of nitrogens with zero attached hydrogens (tertiary/aromatic N) is 2. The number of halogens is 2. The monoisotopic (exact) mass is 343 g/mol. The molecule has 6 heteroatoms. The second-order valence-electron chi connectivity index (χ2n) is 5.00. The van der Waals surface area contributed by atoms with Crippen molar-refractivity contribution in [3.8, 4) is 0 Å². The molecule has 1 aromatic carbocycles. The molecule has 0 saturated heterocycles. The van der Waals surface area contributed by atoms with E-state index in [1.54, 1.807) is 6.07 Å². The van der Waals surface area contributed by atoms with E-state index in [-0.39, 0.29) is 11.9 Å². The number of hydrogen-bond donors (Lipinski definition) is 1. The average molecular weight is 344 g/mol. The largest absolute Gasteiger partial charge is 0.379 e. The predicted octanol–water partition coefficient (Wildman–Crippen LogP) is 3.73. The fraction of sp³-hybridized carbons (Fsp3) is 0.500. The van der Waals surface area contributed by atoms with Gasteiger partial charge in [-0.05, 0) is 48.7 Å². The van der Waals surface area contributed by atoms with Crippen LogP contribution in [-0.4, -0.2) is 22.3 Å². The summed E-state index contributed by atoms with van der Waals surface area (Å²) in [7, 11) is 0. The van der Waals surface area contributed by atoms with Crippen molar-refractivity contribution in [2.75, 3.05) is 12.3 Å². The Hall–Kier alpha value is -1.14. The molecule has 4 nitrogen and oxygen atoms in total. The van der Waals surface area contributed by atoms with Gasteiger partial charge in [0.2, 0.25) is 5.95 Å². The molecule has 110 valence electrons. The lowest BCUT2D eigenvalue weighted by Gasteiger charge is -2.09. The van der Waals surface area contributed by atoms with Gasteiger partial charge in [-0.1, -0.05) is 0 Å². The summed E-state index contributed by atoms with van der Waals surface area (Å²) in [6.07, 6.45) is 2.16. The van der Waals surface area contributed by atoms with Gasteiger partial charge in [-0.25, -0.2) is 9.37 Å². The third-order valence-electron chi connectivity index (χ3n) is 3.05. The van der Waals surface area contributed by atoms with Crippen LogP contribution in [0.2, 0.25) is 0 Å². The summed E-state index contributed by atoms with van der Waals surface area (Å²) in [5, 5.41) is 0. The number of fused-ring (bicyclic) bond motifs is 1. The SMILES string of the molecule is CC(C)OCCCCn1c(N)nc2cc(F)c(Br)cc21. The summed E-state index contributed by atoms with van der Waals surface area (Å²) in [5.41, 5.74) is 7.33. The number of imidazole rings is 1. The first kappa shape index (κ1) is 15.3. The zero-order valence-electron chi connectivity index (χ0n) is 11.7. The van der Waals surface area contributed by atoms with Crippen LogP contribution in [0.4, 0.5) is 10.3 Å². The highest BCUT2D eigenvalue weighted by molar-refractivity contribution is 9.10. The van der Waals surface area contributed by atoms with Crippen LogP contribution in [0, 0.1) is 5.82 Å². The van der Waals surface area contributed by atoms with E-state index in [0.717, 1.165) is 31.5 Å². The van der Waals surface area contributed by atoms with Gasteiger partial charge in [-0.2, -0.15) is 0 Å². The minimum Gasteiger partial charge on any atom is -0.379 e. The van der Waals surface area contributed by atoms with E-state index in [9.17, 15) is 4.39 Å². The number of benzene rings is 1. The van der Waals surface area contributed by atoms with E-state index in [1.807, 2.05) is 18.4 Å². The predicted molar refractivity (Wildman–Crippen MR) is 82.1 cm³/mol. The highest BCUT2D eigenvalue weighted by Gasteiger charge is 2.11. The molecule has 0 bridgehead atoms. The number of hydrogen-bond acceptors (Lipinski definition) is 3. The number of aryl methyl sites for hydroxylation is 1. The molecular weight excluding hydrogens is 325 g/mol. The molecule has 0 aliphatic rings. The van der Waals surface area contributed by atoms with Gasteiger partial charge in [-0.15, -0.1) is 0 Å². The Balaban J connectivity index is 2.06. The minimum absolute atomic E-state index is 0.257. The summed E-state index contributed by atoms with van der Waals surface area (Å²) < 4.78 is 21.3. The van der Waals surface area contributed by atoms with Crippen LogP contribution < -0.4 is 5.73 Å². The van der Waals surface area contributed by atoms with Crippen molar-refractivity contribution in [3.63, 3.8) is 0 Å². The molecule has 0 spiro atoms. The van der Waals surface area contributed by atoms with Crippen LogP contribution in [0.15, 0.2) is 16.6 Å². The van der Waals surface area contributed by atoms with Crippen molar-refractivity contribution in [1.82, 2.24) is 9.55 Å². The van der Waals surface area contributed by atoms with Crippen LogP contribution in [0.25, 0.3) is 11.0 Å². The first-order valence-corrected chi connectivity index (χ1v) is 7.50. The smallest absolute Gasteiger partial charge is 0.201 e. The number of unbranched alkanes of at least 4 members (excludes halogenated alkanes) is 1. The molecule has 2 rings (SSSR count). The van der Waals surface area contributed by atoms with E-state index in [0.29, 0.717) is 15.9 Å². The fourth-order valence-corrected chi connectivity index (χ4v) is 2.40. The van der Waals surface area contributed by atoms with Gasteiger partial charge < -0.3 is 15.0 Å². The molecule has 2 N–H and O–H groups in total. The Morgan fingerprint density at radius 2 is 2.15 bits per heavy atom. The first-order chi connectivity index (χ1) is 9.49. The van der Waals surface area contributed by atoms with Crippen molar-refractivity contribution in [3.05, 3.63) is 22.4 Å². The lowest BCUT2D eigenvalue weighted by atomic mass is 10.3. The fourth-order valence-electron chi connectivity index (χ4n) is 2.06. The Morgan fingerprint density at radius 3 is 2.85 bits per heavy atom. The van der Waals surface area contributed by atoms with Crippen molar-refractivity contribution in [2.45, 2.75) is 39.3 Å². The maximum atomic E-state index is 13.5. The Kier molecular flexibility index (Phi) is 4.99. The second kappa shape index (κ2) is 6.54. The Morgan fingerprint density at radius 1 is 1.40 bits per heavy atom. The molecule has 0 radical (unpaired) electrons. The van der Waals surface area contributed by atoms with Gasteiger partial charge in [0.1, 0.15) is 5.82 Å². The molecule has 1 aromatic heterocycles. The summed E-state index contributed by atoms with van der Waals surface area (Å²) in [4.78, 5) is 4.19.